The number of aromatic nitrogens is 1. The molecular weight excluding hydrogens is 193 g/mol. The Morgan fingerprint density at radius 1 is 1.20 bits per heavy atom. The van der Waals surface area contributed by atoms with Crippen LogP contribution in [0.5, 0.6) is 0 Å². The van der Waals surface area contributed by atoms with E-state index < -0.39 is 0 Å². The van der Waals surface area contributed by atoms with Gasteiger partial charge in [0.2, 0.25) is 0 Å². The van der Waals surface area contributed by atoms with Crippen molar-refractivity contribution in [3.8, 4) is 11.1 Å². The van der Waals surface area contributed by atoms with Gasteiger partial charge in [0.25, 0.3) is 0 Å². The van der Waals surface area contributed by atoms with Gasteiger partial charge in [-0.2, -0.15) is 0 Å². The van der Waals surface area contributed by atoms with Gasteiger partial charge in [0.1, 0.15) is 11.6 Å². The minimum Gasteiger partial charge on any atom is -0.361 e. The van der Waals surface area contributed by atoms with Gasteiger partial charge in [-0.3, -0.25) is 0 Å². The van der Waals surface area contributed by atoms with E-state index in [-0.39, 0.29) is 5.82 Å². The zero-order valence-electron chi connectivity index (χ0n) is 8.97. The van der Waals surface area contributed by atoms with Crippen molar-refractivity contribution >= 4 is 0 Å². The molecule has 0 fully saturated rings. The van der Waals surface area contributed by atoms with Crippen molar-refractivity contribution in [1.82, 2.24) is 5.16 Å². The van der Waals surface area contributed by atoms with E-state index in [1.165, 1.54) is 12.1 Å². The van der Waals surface area contributed by atoms with Crippen LogP contribution in [-0.4, -0.2) is 5.16 Å². The third-order valence-electron chi connectivity index (χ3n) is 2.50. The van der Waals surface area contributed by atoms with Crippen LogP contribution in [0.4, 0.5) is 4.39 Å². The van der Waals surface area contributed by atoms with Crippen LogP contribution in [0.15, 0.2) is 22.7 Å². The molecule has 1 aromatic heterocycles. The van der Waals surface area contributed by atoms with Crippen molar-refractivity contribution in [2.75, 3.05) is 0 Å². The van der Waals surface area contributed by atoms with E-state index >= 15 is 0 Å². The molecule has 0 saturated carbocycles. The zero-order valence-corrected chi connectivity index (χ0v) is 8.97. The average Bonchev–Trinajstić information content (AvgIpc) is 2.51. The Morgan fingerprint density at radius 2 is 1.93 bits per heavy atom. The molecule has 78 valence electrons. The maximum Gasteiger partial charge on any atom is 0.141 e. The van der Waals surface area contributed by atoms with E-state index in [4.69, 9.17) is 4.52 Å². The summed E-state index contributed by atoms with van der Waals surface area (Å²) in [5.74, 6) is 0.483. The van der Waals surface area contributed by atoms with Gasteiger partial charge in [0, 0.05) is 5.56 Å². The smallest absolute Gasteiger partial charge is 0.141 e. The van der Waals surface area contributed by atoms with Gasteiger partial charge < -0.3 is 4.52 Å². The average molecular weight is 205 g/mol. The minimum absolute atomic E-state index is 0.240. The van der Waals surface area contributed by atoms with Crippen molar-refractivity contribution < 1.29 is 8.91 Å². The summed E-state index contributed by atoms with van der Waals surface area (Å²) in [6, 6.07) is 4.73. The number of benzene rings is 1. The third-order valence-corrected chi connectivity index (χ3v) is 2.50. The van der Waals surface area contributed by atoms with Gasteiger partial charge in [0.15, 0.2) is 0 Å². The topological polar surface area (TPSA) is 26.0 Å². The molecule has 0 atom stereocenters. The van der Waals surface area contributed by atoms with Crippen LogP contribution in [0.1, 0.15) is 17.0 Å². The molecule has 0 spiro atoms. The molecule has 2 nitrogen and oxygen atoms in total. The normalized spacial score (nSPS) is 10.7. The number of aryl methyl sites for hydroxylation is 3. The summed E-state index contributed by atoms with van der Waals surface area (Å²) in [4.78, 5) is 0. The molecule has 0 aliphatic heterocycles. The first-order valence-corrected chi connectivity index (χ1v) is 4.79. The van der Waals surface area contributed by atoms with Crippen LogP contribution in [0.2, 0.25) is 0 Å². The molecule has 0 N–H and O–H groups in total. The Hall–Kier alpha value is -1.64. The Labute approximate surface area is 87.7 Å². The fourth-order valence-corrected chi connectivity index (χ4v) is 1.73. The van der Waals surface area contributed by atoms with Crippen LogP contribution < -0.4 is 0 Å². The van der Waals surface area contributed by atoms with Gasteiger partial charge in [-0.05, 0) is 44.0 Å². The molecular formula is C12H12FNO. The van der Waals surface area contributed by atoms with E-state index in [0.717, 1.165) is 28.1 Å². The molecule has 0 saturated heterocycles. The lowest BCUT2D eigenvalue weighted by atomic mass is 9.99. The van der Waals surface area contributed by atoms with Gasteiger partial charge in [-0.25, -0.2) is 4.39 Å². The largest absolute Gasteiger partial charge is 0.361 e. The lowest BCUT2D eigenvalue weighted by molar-refractivity contribution is 0.393. The summed E-state index contributed by atoms with van der Waals surface area (Å²) in [7, 11) is 0. The fraction of sp³-hybridized carbons (Fsp3) is 0.250. The molecule has 0 amide bonds. The molecule has 0 radical (unpaired) electrons. The van der Waals surface area contributed by atoms with Crippen LogP contribution >= 0.6 is 0 Å². The molecule has 0 unspecified atom stereocenters. The summed E-state index contributed by atoms with van der Waals surface area (Å²) in [6.45, 7) is 5.64. The summed E-state index contributed by atoms with van der Waals surface area (Å²) in [6.07, 6.45) is 0. The zero-order chi connectivity index (χ0) is 11.0. The first kappa shape index (κ1) is 9.90. The highest BCUT2D eigenvalue weighted by atomic mass is 19.1. The number of nitrogens with zero attached hydrogens (tertiary/aromatic N) is 1. The van der Waals surface area contributed by atoms with Crippen LogP contribution in [-0.2, 0) is 0 Å². The second-order valence-corrected chi connectivity index (χ2v) is 3.66. The highest BCUT2D eigenvalue weighted by Gasteiger charge is 2.13. The number of rotatable bonds is 1. The molecule has 2 rings (SSSR count). The third kappa shape index (κ3) is 1.65. The van der Waals surface area contributed by atoms with Gasteiger partial charge in [-0.1, -0.05) is 11.2 Å². The highest BCUT2D eigenvalue weighted by Crippen LogP contribution is 2.29. The summed E-state index contributed by atoms with van der Waals surface area (Å²) >= 11 is 0. The Bertz CT molecular complexity index is 483. The molecule has 0 bridgehead atoms. The van der Waals surface area contributed by atoms with E-state index in [9.17, 15) is 4.39 Å². The monoisotopic (exact) mass is 205 g/mol. The van der Waals surface area contributed by atoms with Crippen molar-refractivity contribution in [3.63, 3.8) is 0 Å². The maximum atomic E-state index is 13.2. The van der Waals surface area contributed by atoms with Gasteiger partial charge in [-0.15, -0.1) is 0 Å². The second kappa shape index (κ2) is 3.50. The summed E-state index contributed by atoms with van der Waals surface area (Å²) < 4.78 is 18.2. The Morgan fingerprint density at radius 3 is 2.53 bits per heavy atom. The molecule has 2 aromatic rings. The first-order chi connectivity index (χ1) is 7.09. The Balaban J connectivity index is 2.68. The first-order valence-electron chi connectivity index (χ1n) is 4.79. The molecule has 0 aliphatic rings. The molecule has 3 heteroatoms. The maximum absolute atomic E-state index is 13.2. The van der Waals surface area contributed by atoms with Crippen molar-refractivity contribution in [1.29, 1.82) is 0 Å². The van der Waals surface area contributed by atoms with Crippen LogP contribution in [0.25, 0.3) is 11.1 Å². The molecule has 0 aliphatic carbocycles. The standard InChI is InChI=1S/C12H12FNO/c1-7-4-5-10(13)6-11(7)12-8(2)14-15-9(12)3/h4-6H,1-3H3. The van der Waals surface area contributed by atoms with Crippen molar-refractivity contribution in [3.05, 3.63) is 41.0 Å². The van der Waals surface area contributed by atoms with Crippen LogP contribution in [0, 0.1) is 26.6 Å². The van der Waals surface area contributed by atoms with Crippen molar-refractivity contribution in [2.24, 2.45) is 0 Å². The predicted molar refractivity (Wildman–Crippen MR) is 56.1 cm³/mol. The molecule has 1 heterocycles. The summed E-state index contributed by atoms with van der Waals surface area (Å²) in [5, 5.41) is 3.87. The SMILES string of the molecule is Cc1ccc(F)cc1-c1c(C)noc1C. The lowest BCUT2D eigenvalue weighted by Crippen LogP contribution is -1.87. The fourth-order valence-electron chi connectivity index (χ4n) is 1.73. The Kier molecular flexibility index (Phi) is 2.31. The molecule has 1 aromatic carbocycles. The van der Waals surface area contributed by atoms with E-state index in [0.29, 0.717) is 0 Å². The predicted octanol–water partition coefficient (Wildman–Crippen LogP) is 3.41. The quantitative estimate of drug-likeness (QED) is 0.713. The van der Waals surface area contributed by atoms with Gasteiger partial charge in [0.05, 0.1) is 5.69 Å². The summed E-state index contributed by atoms with van der Waals surface area (Å²) in [5.41, 5.74) is 3.56. The van der Waals surface area contributed by atoms with Crippen LogP contribution in [0.3, 0.4) is 0 Å². The molecule has 15 heavy (non-hydrogen) atoms. The van der Waals surface area contributed by atoms with E-state index in [2.05, 4.69) is 5.16 Å². The van der Waals surface area contributed by atoms with E-state index in [1.54, 1.807) is 6.07 Å². The highest BCUT2D eigenvalue weighted by molar-refractivity contribution is 5.70. The number of hydrogen-bond acceptors (Lipinski definition) is 2. The number of halogens is 1. The van der Waals surface area contributed by atoms with Gasteiger partial charge >= 0.3 is 0 Å². The second-order valence-electron chi connectivity index (χ2n) is 3.66. The number of hydrogen-bond donors (Lipinski definition) is 0. The lowest BCUT2D eigenvalue weighted by Gasteiger charge is -2.04. The van der Waals surface area contributed by atoms with Crippen molar-refractivity contribution in [2.45, 2.75) is 20.8 Å². The minimum atomic E-state index is -0.240. The van der Waals surface area contributed by atoms with E-state index in [1.807, 2.05) is 20.8 Å².